The van der Waals surface area contributed by atoms with Gasteiger partial charge in [-0.3, -0.25) is 0 Å². The van der Waals surface area contributed by atoms with Gasteiger partial charge in [0.15, 0.2) is 0 Å². The summed E-state index contributed by atoms with van der Waals surface area (Å²) in [5.74, 6) is 0. The van der Waals surface area contributed by atoms with Crippen molar-refractivity contribution in [2.24, 2.45) is 0 Å². The highest BCUT2D eigenvalue weighted by atomic mass is 79.9. The van der Waals surface area contributed by atoms with Crippen molar-refractivity contribution in [1.82, 2.24) is 4.57 Å². The molecule has 1 heterocycles. The molecule has 1 aromatic heterocycles. The number of rotatable bonds is 1. The lowest BCUT2D eigenvalue weighted by Crippen LogP contribution is -1.93. The van der Waals surface area contributed by atoms with E-state index in [0.717, 1.165) is 10.9 Å². The fourth-order valence-electron chi connectivity index (χ4n) is 6.90. The molecule has 1 aliphatic rings. The van der Waals surface area contributed by atoms with Gasteiger partial charge >= 0.3 is 0 Å². The number of halogens is 1. The zero-order valence-electron chi connectivity index (χ0n) is 25.9. The summed E-state index contributed by atoms with van der Waals surface area (Å²) in [7, 11) is 0. The molecular weight excluding hydrogens is 634 g/mol. The summed E-state index contributed by atoms with van der Waals surface area (Å²) in [6, 6.07) is 64.2. The molecule has 0 saturated carbocycles. The first kappa shape index (κ1) is 29.0. The molecular formula is C45H32BrN. The normalized spacial score (nSPS) is 11.4. The van der Waals surface area contributed by atoms with Crippen LogP contribution in [0.15, 0.2) is 186 Å². The Bertz CT molecular complexity index is 2490. The number of hydrogen-bond donors (Lipinski definition) is 0. The van der Waals surface area contributed by atoms with Crippen LogP contribution >= 0.6 is 15.9 Å². The Balaban J connectivity index is 0.000000118. The van der Waals surface area contributed by atoms with Crippen molar-refractivity contribution in [3.63, 3.8) is 0 Å². The molecule has 0 N–H and O–H groups in total. The third kappa shape index (κ3) is 5.52. The quantitative estimate of drug-likeness (QED) is 0.164. The van der Waals surface area contributed by atoms with Gasteiger partial charge in [-0.2, -0.15) is 0 Å². The minimum Gasteiger partial charge on any atom is -0.309 e. The molecule has 224 valence electrons. The molecule has 0 atom stereocenters. The first-order chi connectivity index (χ1) is 23.3. The molecule has 0 unspecified atom stereocenters. The Kier molecular flexibility index (Phi) is 7.87. The van der Waals surface area contributed by atoms with Crippen LogP contribution in [-0.4, -0.2) is 4.57 Å². The van der Waals surface area contributed by atoms with E-state index in [9.17, 15) is 0 Å². The summed E-state index contributed by atoms with van der Waals surface area (Å²) in [6.07, 6.45) is 1.08. The van der Waals surface area contributed by atoms with Crippen molar-refractivity contribution in [3.05, 3.63) is 198 Å². The third-order valence-electron chi connectivity index (χ3n) is 9.02. The van der Waals surface area contributed by atoms with Crippen LogP contribution in [0, 0.1) is 0 Å². The molecule has 1 nitrogen and oxygen atoms in total. The van der Waals surface area contributed by atoms with Crippen LogP contribution in [0.4, 0.5) is 0 Å². The number of nitrogens with zero attached hydrogens (tertiary/aromatic N) is 1. The second-order valence-corrected chi connectivity index (χ2v) is 12.7. The van der Waals surface area contributed by atoms with Gasteiger partial charge in [-0.05, 0) is 75.2 Å². The van der Waals surface area contributed by atoms with E-state index in [1.54, 1.807) is 0 Å². The maximum atomic E-state index is 3.31. The monoisotopic (exact) mass is 665 g/mol. The lowest BCUT2D eigenvalue weighted by molar-refractivity contribution is 1.19. The van der Waals surface area contributed by atoms with Crippen LogP contribution in [0.5, 0.6) is 0 Å². The Morgan fingerprint density at radius 3 is 1.72 bits per heavy atom. The molecule has 9 aromatic rings. The van der Waals surface area contributed by atoms with Gasteiger partial charge in [0.2, 0.25) is 0 Å². The molecule has 8 aromatic carbocycles. The number of fused-ring (bicyclic) bond motifs is 10. The Hall–Kier alpha value is -5.44. The SMILES string of the molecule is Brc1ccccc1.c1ccc(-n2c3ccccc3c3ccc4ccccc4c32)cc1.c1ccc2c(c1)Cc1c-2ccc2ccccc12. The van der Waals surface area contributed by atoms with Gasteiger partial charge in [-0.25, -0.2) is 0 Å². The van der Waals surface area contributed by atoms with Gasteiger partial charge in [0, 0.05) is 26.3 Å². The van der Waals surface area contributed by atoms with E-state index in [2.05, 4.69) is 172 Å². The van der Waals surface area contributed by atoms with Crippen LogP contribution in [-0.2, 0) is 6.42 Å². The predicted octanol–water partition coefficient (Wildman–Crippen LogP) is 12.8. The van der Waals surface area contributed by atoms with Crippen molar-refractivity contribution < 1.29 is 0 Å². The Morgan fingerprint density at radius 2 is 0.979 bits per heavy atom. The first-order valence-corrected chi connectivity index (χ1v) is 16.8. The van der Waals surface area contributed by atoms with E-state index < -0.39 is 0 Å². The Labute approximate surface area is 283 Å². The average Bonchev–Trinajstić information content (AvgIpc) is 3.70. The summed E-state index contributed by atoms with van der Waals surface area (Å²) in [5.41, 5.74) is 9.52. The lowest BCUT2D eigenvalue weighted by atomic mass is 9.99. The number of hydrogen-bond acceptors (Lipinski definition) is 0. The molecule has 0 saturated heterocycles. The minimum absolute atomic E-state index is 1.08. The first-order valence-electron chi connectivity index (χ1n) is 16.0. The predicted molar refractivity (Wildman–Crippen MR) is 205 cm³/mol. The third-order valence-corrected chi connectivity index (χ3v) is 9.55. The molecule has 0 fully saturated rings. The standard InChI is InChI=1S/C22H15N.C17H12.C6H5Br/c1-2-9-17(10-3-1)23-21-13-7-6-12-19(21)20-15-14-16-8-4-5-11-18(16)22(20)23;1-3-7-14-12(5-1)9-10-16-15-8-4-2-6-13(15)11-17(14)16;7-6-4-2-1-3-5-6/h1-15H;1-10H,11H2;1-5H. The topological polar surface area (TPSA) is 4.93 Å². The molecule has 47 heavy (non-hydrogen) atoms. The molecule has 0 aliphatic heterocycles. The highest BCUT2D eigenvalue weighted by Crippen LogP contribution is 2.40. The molecule has 0 amide bonds. The molecule has 0 radical (unpaired) electrons. The number of benzene rings is 8. The molecule has 2 heteroatoms. The van der Waals surface area contributed by atoms with Crippen LogP contribution in [0.3, 0.4) is 0 Å². The van der Waals surface area contributed by atoms with E-state index in [0.29, 0.717) is 0 Å². The lowest BCUT2D eigenvalue weighted by Gasteiger charge is -2.09. The van der Waals surface area contributed by atoms with E-state index >= 15 is 0 Å². The zero-order chi connectivity index (χ0) is 31.6. The molecule has 0 spiro atoms. The van der Waals surface area contributed by atoms with Crippen molar-refractivity contribution >= 4 is 59.3 Å². The summed E-state index contributed by atoms with van der Waals surface area (Å²) in [5, 5.41) is 7.94. The van der Waals surface area contributed by atoms with Gasteiger partial charge < -0.3 is 4.57 Å². The van der Waals surface area contributed by atoms with Crippen LogP contribution in [0.1, 0.15) is 11.1 Å². The van der Waals surface area contributed by atoms with Crippen molar-refractivity contribution in [1.29, 1.82) is 0 Å². The van der Waals surface area contributed by atoms with Crippen molar-refractivity contribution in [3.8, 4) is 16.8 Å². The Morgan fingerprint density at radius 1 is 0.404 bits per heavy atom. The van der Waals surface area contributed by atoms with E-state index in [-0.39, 0.29) is 0 Å². The molecule has 10 rings (SSSR count). The van der Waals surface area contributed by atoms with Gasteiger partial charge in [0.1, 0.15) is 0 Å². The maximum absolute atomic E-state index is 3.31. The summed E-state index contributed by atoms with van der Waals surface area (Å²) >= 11 is 3.31. The van der Waals surface area contributed by atoms with Crippen molar-refractivity contribution in [2.45, 2.75) is 6.42 Å². The fraction of sp³-hybridized carbons (Fsp3) is 0.0222. The van der Waals surface area contributed by atoms with Gasteiger partial charge in [0.25, 0.3) is 0 Å². The van der Waals surface area contributed by atoms with E-state index in [1.807, 2.05) is 30.3 Å². The van der Waals surface area contributed by atoms with E-state index in [4.69, 9.17) is 0 Å². The highest BCUT2D eigenvalue weighted by Gasteiger charge is 2.19. The summed E-state index contributed by atoms with van der Waals surface area (Å²) in [4.78, 5) is 0. The van der Waals surface area contributed by atoms with Gasteiger partial charge in [0.05, 0.1) is 11.0 Å². The molecule has 0 bridgehead atoms. The largest absolute Gasteiger partial charge is 0.309 e. The van der Waals surface area contributed by atoms with Gasteiger partial charge in [-0.1, -0.05) is 168 Å². The fourth-order valence-corrected chi connectivity index (χ4v) is 7.20. The summed E-state index contributed by atoms with van der Waals surface area (Å²) < 4.78 is 3.52. The zero-order valence-corrected chi connectivity index (χ0v) is 27.4. The van der Waals surface area contributed by atoms with Gasteiger partial charge in [-0.15, -0.1) is 0 Å². The number of para-hydroxylation sites is 2. The average molecular weight is 667 g/mol. The van der Waals surface area contributed by atoms with Crippen molar-refractivity contribution in [2.75, 3.05) is 0 Å². The smallest absolute Gasteiger partial charge is 0.0619 e. The molecule has 1 aliphatic carbocycles. The van der Waals surface area contributed by atoms with E-state index in [1.165, 1.54) is 71.3 Å². The van der Waals surface area contributed by atoms with Crippen LogP contribution in [0.25, 0.3) is 60.2 Å². The highest BCUT2D eigenvalue weighted by molar-refractivity contribution is 9.10. The maximum Gasteiger partial charge on any atom is 0.0619 e. The minimum atomic E-state index is 1.08. The second-order valence-electron chi connectivity index (χ2n) is 11.8. The number of aromatic nitrogens is 1. The van der Waals surface area contributed by atoms with Crippen LogP contribution < -0.4 is 0 Å². The van der Waals surface area contributed by atoms with Crippen LogP contribution in [0.2, 0.25) is 0 Å². The second kappa shape index (κ2) is 12.7. The summed E-state index contributed by atoms with van der Waals surface area (Å²) in [6.45, 7) is 0.